The van der Waals surface area contributed by atoms with Crippen LogP contribution in [0.25, 0.3) is 0 Å². The van der Waals surface area contributed by atoms with Crippen LogP contribution in [-0.4, -0.2) is 47.0 Å². The van der Waals surface area contributed by atoms with Crippen LogP contribution in [-0.2, 0) is 30.7 Å². The van der Waals surface area contributed by atoms with Gasteiger partial charge in [0.15, 0.2) is 11.8 Å². The van der Waals surface area contributed by atoms with E-state index in [9.17, 15) is 0 Å². The van der Waals surface area contributed by atoms with E-state index in [1.54, 1.807) is 7.11 Å². The fourth-order valence-electron chi connectivity index (χ4n) is 4.07. The van der Waals surface area contributed by atoms with Crippen molar-refractivity contribution in [3.8, 4) is 0 Å². The molecule has 2 heterocycles. The Balaban J connectivity index is 0.00000320. The molecule has 0 saturated carbocycles. The monoisotopic (exact) mass is 526 g/mol. The molecule has 1 aliphatic heterocycles. The van der Waals surface area contributed by atoms with Gasteiger partial charge in [0, 0.05) is 32.7 Å². The lowest BCUT2D eigenvalue weighted by Crippen LogP contribution is -2.47. The number of halogens is 1. The molecule has 7 nitrogen and oxygen atoms in total. The zero-order valence-electron chi connectivity index (χ0n) is 18.8. The van der Waals surface area contributed by atoms with Gasteiger partial charge in [-0.15, -0.1) is 24.0 Å². The first-order chi connectivity index (χ1) is 14.0. The molecule has 8 heteroatoms. The van der Waals surface area contributed by atoms with E-state index in [2.05, 4.69) is 60.5 Å². The molecular formula is C22H35IN6O. The van der Waals surface area contributed by atoms with Gasteiger partial charge < -0.3 is 15.4 Å². The third-order valence-corrected chi connectivity index (χ3v) is 5.33. The molecule has 3 rings (SSSR count). The number of benzene rings is 1. The van der Waals surface area contributed by atoms with Gasteiger partial charge in [-0.25, -0.2) is 9.67 Å². The first-order valence-corrected chi connectivity index (χ1v) is 10.5. The van der Waals surface area contributed by atoms with Gasteiger partial charge in [0.25, 0.3) is 0 Å². The molecule has 1 aliphatic rings. The number of nitrogens with one attached hydrogen (secondary N) is 2. The highest BCUT2D eigenvalue weighted by atomic mass is 127. The van der Waals surface area contributed by atoms with Crippen molar-refractivity contribution in [2.24, 2.45) is 4.99 Å². The zero-order valence-corrected chi connectivity index (χ0v) is 21.1. The number of fused-ring (bicyclic) bond motifs is 1. The van der Waals surface area contributed by atoms with Crippen LogP contribution in [0.4, 0.5) is 0 Å². The van der Waals surface area contributed by atoms with E-state index in [4.69, 9.17) is 9.73 Å². The Morgan fingerprint density at radius 2 is 2.00 bits per heavy atom. The normalized spacial score (nSPS) is 16.0. The quantitative estimate of drug-likeness (QED) is 0.330. The molecule has 0 spiro atoms. The zero-order chi connectivity index (χ0) is 20.8. The SMILES string of the molecule is CCNC(=NCCc1c(C)cc(C)cc1C)NC1CCc2nc(COC)nn2C1.I. The van der Waals surface area contributed by atoms with Gasteiger partial charge in [-0.1, -0.05) is 17.7 Å². The third kappa shape index (κ3) is 6.41. The number of aliphatic imine (C=N–C) groups is 1. The molecule has 0 amide bonds. The molecule has 0 radical (unpaired) electrons. The second kappa shape index (κ2) is 11.6. The largest absolute Gasteiger partial charge is 0.377 e. The van der Waals surface area contributed by atoms with Gasteiger partial charge >= 0.3 is 0 Å². The van der Waals surface area contributed by atoms with E-state index < -0.39 is 0 Å². The van der Waals surface area contributed by atoms with Crippen molar-refractivity contribution >= 4 is 29.9 Å². The fraction of sp³-hybridized carbons (Fsp3) is 0.591. The average Bonchev–Trinajstić information content (AvgIpc) is 3.06. The van der Waals surface area contributed by atoms with E-state index in [0.717, 1.165) is 56.5 Å². The summed E-state index contributed by atoms with van der Waals surface area (Å²) in [6, 6.07) is 4.80. The predicted octanol–water partition coefficient (Wildman–Crippen LogP) is 3.08. The van der Waals surface area contributed by atoms with Crippen molar-refractivity contribution in [2.45, 2.75) is 66.2 Å². The lowest BCUT2D eigenvalue weighted by atomic mass is 9.97. The van der Waals surface area contributed by atoms with Gasteiger partial charge in [-0.05, 0) is 57.2 Å². The lowest BCUT2D eigenvalue weighted by Gasteiger charge is -2.25. The van der Waals surface area contributed by atoms with Crippen molar-refractivity contribution in [3.63, 3.8) is 0 Å². The number of aromatic nitrogens is 3. The number of hydrogen-bond acceptors (Lipinski definition) is 4. The molecule has 0 saturated heterocycles. The topological polar surface area (TPSA) is 76.4 Å². The summed E-state index contributed by atoms with van der Waals surface area (Å²) < 4.78 is 7.15. The minimum absolute atomic E-state index is 0. The number of methoxy groups -OCH3 is 1. The number of hydrogen-bond donors (Lipinski definition) is 2. The molecule has 0 bridgehead atoms. The molecule has 1 aromatic carbocycles. The molecule has 2 aromatic rings. The Morgan fingerprint density at radius 3 is 2.67 bits per heavy atom. The first kappa shape index (κ1) is 24.6. The second-order valence-corrected chi connectivity index (χ2v) is 7.83. The Morgan fingerprint density at radius 1 is 1.27 bits per heavy atom. The van der Waals surface area contributed by atoms with E-state index >= 15 is 0 Å². The summed E-state index contributed by atoms with van der Waals surface area (Å²) in [5, 5.41) is 11.5. The second-order valence-electron chi connectivity index (χ2n) is 7.83. The lowest BCUT2D eigenvalue weighted by molar-refractivity contribution is 0.177. The van der Waals surface area contributed by atoms with Gasteiger partial charge in [0.05, 0.1) is 6.54 Å². The van der Waals surface area contributed by atoms with Crippen LogP contribution in [0.1, 0.15) is 47.2 Å². The highest BCUT2D eigenvalue weighted by Crippen LogP contribution is 2.17. The van der Waals surface area contributed by atoms with Crippen LogP contribution >= 0.6 is 24.0 Å². The molecule has 1 unspecified atom stereocenters. The number of aryl methyl sites for hydroxylation is 4. The fourth-order valence-corrected chi connectivity index (χ4v) is 4.07. The van der Waals surface area contributed by atoms with Gasteiger partial charge in [0.1, 0.15) is 12.4 Å². The maximum Gasteiger partial charge on any atom is 0.191 e. The van der Waals surface area contributed by atoms with Crippen LogP contribution in [0.5, 0.6) is 0 Å². The molecule has 0 aliphatic carbocycles. The van der Waals surface area contributed by atoms with E-state index in [-0.39, 0.29) is 24.0 Å². The maximum absolute atomic E-state index is 5.15. The number of rotatable bonds is 7. The van der Waals surface area contributed by atoms with Crippen molar-refractivity contribution in [3.05, 3.63) is 46.0 Å². The highest BCUT2D eigenvalue weighted by molar-refractivity contribution is 14.0. The van der Waals surface area contributed by atoms with Crippen LogP contribution in [0.2, 0.25) is 0 Å². The van der Waals surface area contributed by atoms with E-state index in [0.29, 0.717) is 12.6 Å². The maximum atomic E-state index is 5.15. The van der Waals surface area contributed by atoms with Crippen molar-refractivity contribution < 1.29 is 4.74 Å². The molecule has 1 aromatic heterocycles. The number of ether oxygens (including phenoxy) is 1. The summed E-state index contributed by atoms with van der Waals surface area (Å²) in [4.78, 5) is 9.38. The predicted molar refractivity (Wildman–Crippen MR) is 132 cm³/mol. The van der Waals surface area contributed by atoms with Gasteiger partial charge in [0.2, 0.25) is 0 Å². The molecule has 30 heavy (non-hydrogen) atoms. The molecule has 1 atom stereocenters. The molecule has 166 valence electrons. The summed E-state index contributed by atoms with van der Waals surface area (Å²) in [5.74, 6) is 2.68. The summed E-state index contributed by atoms with van der Waals surface area (Å²) >= 11 is 0. The van der Waals surface area contributed by atoms with Crippen molar-refractivity contribution in [1.82, 2.24) is 25.4 Å². The van der Waals surface area contributed by atoms with Crippen LogP contribution in [0.15, 0.2) is 17.1 Å². The van der Waals surface area contributed by atoms with E-state index in [1.165, 1.54) is 22.3 Å². The number of guanidine groups is 1. The Labute approximate surface area is 197 Å². The van der Waals surface area contributed by atoms with Crippen LogP contribution in [0, 0.1) is 20.8 Å². The minimum atomic E-state index is 0. The van der Waals surface area contributed by atoms with Crippen LogP contribution in [0.3, 0.4) is 0 Å². The van der Waals surface area contributed by atoms with Gasteiger partial charge in [-0.2, -0.15) is 5.10 Å². The Kier molecular flexibility index (Phi) is 9.54. The van der Waals surface area contributed by atoms with E-state index in [1.807, 2.05) is 4.68 Å². The highest BCUT2D eigenvalue weighted by Gasteiger charge is 2.22. The van der Waals surface area contributed by atoms with Crippen LogP contribution < -0.4 is 10.6 Å². The van der Waals surface area contributed by atoms with Crippen molar-refractivity contribution in [2.75, 3.05) is 20.2 Å². The van der Waals surface area contributed by atoms with Crippen molar-refractivity contribution in [1.29, 1.82) is 0 Å². The summed E-state index contributed by atoms with van der Waals surface area (Å²) in [7, 11) is 1.67. The molecule has 2 N–H and O–H groups in total. The standard InChI is InChI=1S/C22H34N6O.HI/c1-6-23-22(24-10-9-19-16(3)11-15(2)12-17(19)4)25-18-7-8-21-26-20(14-29-5)27-28(21)13-18;/h11-12,18H,6-10,13-14H2,1-5H3,(H2,23,24,25);1H. The Bertz CT molecular complexity index is 840. The molecular weight excluding hydrogens is 491 g/mol. The Hall–Kier alpha value is -1.68. The minimum Gasteiger partial charge on any atom is -0.377 e. The third-order valence-electron chi connectivity index (χ3n) is 5.33. The summed E-state index contributed by atoms with van der Waals surface area (Å²) in [6.07, 6.45) is 2.88. The number of nitrogens with zero attached hydrogens (tertiary/aromatic N) is 4. The average molecular weight is 526 g/mol. The first-order valence-electron chi connectivity index (χ1n) is 10.5. The smallest absolute Gasteiger partial charge is 0.191 e. The van der Waals surface area contributed by atoms with Gasteiger partial charge in [-0.3, -0.25) is 4.99 Å². The summed E-state index contributed by atoms with van der Waals surface area (Å²) in [6.45, 7) is 11.5. The summed E-state index contributed by atoms with van der Waals surface area (Å²) in [5.41, 5.74) is 5.44. The molecule has 0 fully saturated rings.